The summed E-state index contributed by atoms with van der Waals surface area (Å²) in [6.45, 7) is 8.84. The van der Waals surface area contributed by atoms with E-state index in [-0.39, 0.29) is 0 Å². The summed E-state index contributed by atoms with van der Waals surface area (Å²) in [5, 5.41) is 0. The molecule has 0 radical (unpaired) electrons. The highest BCUT2D eigenvalue weighted by Crippen LogP contribution is 2.17. The quantitative estimate of drug-likeness (QED) is 0.763. The molecule has 1 aliphatic heterocycles. The first-order valence-electron chi connectivity index (χ1n) is 6.95. The number of pyridine rings is 1. The Labute approximate surface area is 106 Å². The van der Waals surface area contributed by atoms with E-state index in [0.29, 0.717) is 0 Å². The third kappa shape index (κ3) is 5.20. The molecule has 2 heterocycles. The van der Waals surface area contributed by atoms with Gasteiger partial charge in [-0.3, -0.25) is 0 Å². The van der Waals surface area contributed by atoms with Crippen molar-refractivity contribution in [3.63, 3.8) is 0 Å². The molecule has 1 fully saturated rings. The van der Waals surface area contributed by atoms with Crippen LogP contribution in [0.25, 0.3) is 0 Å². The number of aromatic nitrogens is 1. The maximum absolute atomic E-state index is 4.39. The SMILES string of the molecule is CCCC.Cc1ccnc(N2CCCCC2)c1. The Balaban J connectivity index is 0.000000317. The van der Waals surface area contributed by atoms with Gasteiger partial charge in [0, 0.05) is 19.3 Å². The van der Waals surface area contributed by atoms with E-state index in [9.17, 15) is 0 Å². The lowest BCUT2D eigenvalue weighted by atomic mass is 10.1. The van der Waals surface area contributed by atoms with Crippen molar-refractivity contribution < 1.29 is 0 Å². The molecule has 96 valence electrons. The van der Waals surface area contributed by atoms with Crippen molar-refractivity contribution in [1.29, 1.82) is 0 Å². The Kier molecular flexibility index (Phi) is 6.68. The van der Waals surface area contributed by atoms with Gasteiger partial charge in [0.1, 0.15) is 5.82 Å². The molecular formula is C15H26N2. The van der Waals surface area contributed by atoms with E-state index in [1.165, 1.54) is 50.8 Å². The Bertz CT molecular complexity index is 302. The number of hydrogen-bond donors (Lipinski definition) is 0. The van der Waals surface area contributed by atoms with Crippen molar-refractivity contribution in [3.8, 4) is 0 Å². The van der Waals surface area contributed by atoms with Crippen LogP contribution in [0, 0.1) is 6.92 Å². The lowest BCUT2D eigenvalue weighted by Crippen LogP contribution is -2.30. The van der Waals surface area contributed by atoms with Crippen LogP contribution in [0.3, 0.4) is 0 Å². The summed E-state index contributed by atoms with van der Waals surface area (Å²) in [7, 11) is 0. The van der Waals surface area contributed by atoms with Crippen molar-refractivity contribution in [1.82, 2.24) is 4.98 Å². The summed E-state index contributed by atoms with van der Waals surface area (Å²) in [5.74, 6) is 1.15. The summed E-state index contributed by atoms with van der Waals surface area (Å²) in [6, 6.07) is 4.22. The number of rotatable bonds is 2. The molecular weight excluding hydrogens is 208 g/mol. The Morgan fingerprint density at radius 1 is 1.12 bits per heavy atom. The predicted molar refractivity (Wildman–Crippen MR) is 75.6 cm³/mol. The van der Waals surface area contributed by atoms with Crippen LogP contribution in [0.15, 0.2) is 18.3 Å². The van der Waals surface area contributed by atoms with Crippen LogP contribution in [0.4, 0.5) is 5.82 Å². The van der Waals surface area contributed by atoms with Crippen LogP contribution in [0.1, 0.15) is 51.5 Å². The maximum Gasteiger partial charge on any atom is 0.128 e. The fourth-order valence-electron chi connectivity index (χ4n) is 1.82. The molecule has 1 aliphatic rings. The zero-order valence-electron chi connectivity index (χ0n) is 11.6. The molecule has 2 nitrogen and oxygen atoms in total. The summed E-state index contributed by atoms with van der Waals surface area (Å²) >= 11 is 0. The van der Waals surface area contributed by atoms with Gasteiger partial charge in [-0.2, -0.15) is 0 Å². The summed E-state index contributed by atoms with van der Waals surface area (Å²) in [5.41, 5.74) is 1.30. The molecule has 0 spiro atoms. The number of unbranched alkanes of at least 4 members (excludes halogenated alkanes) is 1. The number of nitrogens with zero attached hydrogens (tertiary/aromatic N) is 2. The molecule has 2 rings (SSSR count). The minimum Gasteiger partial charge on any atom is -0.357 e. The first-order valence-corrected chi connectivity index (χ1v) is 6.95. The van der Waals surface area contributed by atoms with E-state index in [1.54, 1.807) is 0 Å². The van der Waals surface area contributed by atoms with Gasteiger partial charge in [0.15, 0.2) is 0 Å². The Morgan fingerprint density at radius 2 is 1.76 bits per heavy atom. The molecule has 0 aromatic carbocycles. The molecule has 2 heteroatoms. The van der Waals surface area contributed by atoms with E-state index in [0.717, 1.165) is 5.82 Å². The predicted octanol–water partition coefficient (Wildman–Crippen LogP) is 4.19. The van der Waals surface area contributed by atoms with Gasteiger partial charge in [-0.05, 0) is 43.9 Å². The molecule has 1 aromatic rings. The van der Waals surface area contributed by atoms with Crippen molar-refractivity contribution in [2.75, 3.05) is 18.0 Å². The summed E-state index contributed by atoms with van der Waals surface area (Å²) < 4.78 is 0. The average Bonchev–Trinajstić information content (AvgIpc) is 2.40. The number of aryl methyl sites for hydroxylation is 1. The van der Waals surface area contributed by atoms with Crippen molar-refractivity contribution in [2.24, 2.45) is 0 Å². The first-order chi connectivity index (χ1) is 8.27. The third-order valence-corrected chi connectivity index (χ3v) is 3.08. The van der Waals surface area contributed by atoms with Crippen LogP contribution in [0.5, 0.6) is 0 Å². The van der Waals surface area contributed by atoms with Crippen LogP contribution in [-0.4, -0.2) is 18.1 Å². The first kappa shape index (κ1) is 14.0. The fourth-order valence-corrected chi connectivity index (χ4v) is 1.82. The third-order valence-electron chi connectivity index (χ3n) is 3.08. The molecule has 1 aromatic heterocycles. The van der Waals surface area contributed by atoms with Crippen molar-refractivity contribution in [2.45, 2.75) is 52.9 Å². The molecule has 0 unspecified atom stereocenters. The second kappa shape index (κ2) is 8.10. The van der Waals surface area contributed by atoms with E-state index < -0.39 is 0 Å². The maximum atomic E-state index is 4.39. The van der Waals surface area contributed by atoms with E-state index >= 15 is 0 Å². The Hall–Kier alpha value is -1.05. The normalized spacial score (nSPS) is 15.1. The second-order valence-corrected chi connectivity index (χ2v) is 4.74. The molecule has 1 saturated heterocycles. The molecule has 0 amide bonds. The van der Waals surface area contributed by atoms with Crippen LogP contribution in [0.2, 0.25) is 0 Å². The van der Waals surface area contributed by atoms with Crippen molar-refractivity contribution in [3.05, 3.63) is 23.9 Å². The Morgan fingerprint density at radius 3 is 2.29 bits per heavy atom. The fraction of sp³-hybridized carbons (Fsp3) is 0.667. The average molecular weight is 234 g/mol. The van der Waals surface area contributed by atoms with Crippen LogP contribution < -0.4 is 4.90 Å². The minimum absolute atomic E-state index is 1.15. The molecule has 0 N–H and O–H groups in total. The van der Waals surface area contributed by atoms with Gasteiger partial charge < -0.3 is 4.90 Å². The lowest BCUT2D eigenvalue weighted by molar-refractivity contribution is 0.573. The van der Waals surface area contributed by atoms with Gasteiger partial charge in [0.25, 0.3) is 0 Å². The zero-order chi connectivity index (χ0) is 12.5. The summed E-state index contributed by atoms with van der Waals surface area (Å²) in [6.07, 6.45) is 8.55. The van der Waals surface area contributed by atoms with Gasteiger partial charge in [0.05, 0.1) is 0 Å². The van der Waals surface area contributed by atoms with Crippen molar-refractivity contribution >= 4 is 5.82 Å². The highest BCUT2D eigenvalue weighted by atomic mass is 15.2. The smallest absolute Gasteiger partial charge is 0.128 e. The largest absolute Gasteiger partial charge is 0.357 e. The van der Waals surface area contributed by atoms with Crippen LogP contribution in [-0.2, 0) is 0 Å². The summed E-state index contributed by atoms with van der Waals surface area (Å²) in [4.78, 5) is 6.77. The highest BCUT2D eigenvalue weighted by Gasteiger charge is 2.11. The minimum atomic E-state index is 1.15. The molecule has 0 bridgehead atoms. The standard InChI is InChI=1S/C11H16N2.C4H10/c1-10-5-6-12-11(9-10)13-7-3-2-4-8-13;1-3-4-2/h5-6,9H,2-4,7-8H2,1H3;3-4H2,1-2H3. The van der Waals surface area contributed by atoms with Gasteiger partial charge in [-0.1, -0.05) is 26.7 Å². The topological polar surface area (TPSA) is 16.1 Å². The highest BCUT2D eigenvalue weighted by molar-refractivity contribution is 5.40. The van der Waals surface area contributed by atoms with Crippen LogP contribution >= 0.6 is 0 Å². The van der Waals surface area contributed by atoms with E-state index in [4.69, 9.17) is 0 Å². The van der Waals surface area contributed by atoms with Gasteiger partial charge >= 0.3 is 0 Å². The number of anilines is 1. The van der Waals surface area contributed by atoms with E-state index in [2.05, 4.69) is 36.7 Å². The van der Waals surface area contributed by atoms with Gasteiger partial charge in [0.2, 0.25) is 0 Å². The molecule has 0 aliphatic carbocycles. The lowest BCUT2D eigenvalue weighted by Gasteiger charge is -2.27. The van der Waals surface area contributed by atoms with Gasteiger partial charge in [-0.15, -0.1) is 0 Å². The number of piperidine rings is 1. The molecule has 0 atom stereocenters. The van der Waals surface area contributed by atoms with Gasteiger partial charge in [-0.25, -0.2) is 4.98 Å². The molecule has 0 saturated carbocycles. The number of hydrogen-bond acceptors (Lipinski definition) is 2. The molecule has 17 heavy (non-hydrogen) atoms. The second-order valence-electron chi connectivity index (χ2n) is 4.74. The zero-order valence-corrected chi connectivity index (χ0v) is 11.6. The monoisotopic (exact) mass is 234 g/mol. The van der Waals surface area contributed by atoms with E-state index in [1.807, 2.05) is 12.3 Å².